The second kappa shape index (κ2) is 7.68. The molecule has 5 nitrogen and oxygen atoms in total. The smallest absolute Gasteiger partial charge is 0.245 e. The van der Waals surface area contributed by atoms with Crippen LogP contribution < -0.4 is 10.0 Å². The van der Waals surface area contributed by atoms with Crippen LogP contribution in [0.25, 0.3) is 0 Å². The highest BCUT2D eigenvalue weighted by molar-refractivity contribution is 9.10. The van der Waals surface area contributed by atoms with Gasteiger partial charge in [-0.05, 0) is 35.7 Å². The molecule has 0 amide bonds. The molecule has 0 radical (unpaired) electrons. The zero-order chi connectivity index (χ0) is 14.5. The zero-order valence-electron chi connectivity index (χ0n) is 11.2. The first-order valence-electron chi connectivity index (χ1n) is 5.88. The van der Waals surface area contributed by atoms with Gasteiger partial charge in [0.25, 0.3) is 0 Å². The lowest BCUT2D eigenvalue weighted by Gasteiger charge is -2.15. The molecule has 0 aliphatic carbocycles. The third-order valence-corrected chi connectivity index (χ3v) is 5.64. The lowest BCUT2D eigenvalue weighted by molar-refractivity contribution is 0.469. The van der Waals surface area contributed by atoms with Crippen LogP contribution in [0.5, 0.6) is 0 Å². The minimum atomic E-state index is -3.55. The summed E-state index contributed by atoms with van der Waals surface area (Å²) >= 11 is 4.77. The van der Waals surface area contributed by atoms with Crippen molar-refractivity contribution in [3.05, 3.63) is 16.5 Å². The third kappa shape index (κ3) is 4.78. The molecule has 1 heterocycles. The Kier molecular flexibility index (Phi) is 6.89. The van der Waals surface area contributed by atoms with Gasteiger partial charge in [-0.15, -0.1) is 0 Å². The normalized spacial score (nSPS) is 13.7. The fourth-order valence-electron chi connectivity index (χ4n) is 1.56. The number of thioether (sulfide) groups is 1. The molecule has 1 unspecified atom stereocenters. The fraction of sp³-hybridized carbons (Fsp3) is 0.636. The summed E-state index contributed by atoms with van der Waals surface area (Å²) in [7, 11) is -1.78. The van der Waals surface area contributed by atoms with E-state index in [1.54, 1.807) is 18.8 Å². The van der Waals surface area contributed by atoms with Gasteiger partial charge in [-0.25, -0.2) is 13.1 Å². The van der Waals surface area contributed by atoms with Gasteiger partial charge in [-0.3, -0.25) is 0 Å². The minimum Gasteiger partial charge on any atom is -0.452 e. The number of halogens is 1. The van der Waals surface area contributed by atoms with Gasteiger partial charge in [-0.1, -0.05) is 6.92 Å². The van der Waals surface area contributed by atoms with Crippen molar-refractivity contribution >= 4 is 37.7 Å². The van der Waals surface area contributed by atoms with Crippen LogP contribution in [-0.2, 0) is 16.6 Å². The maximum Gasteiger partial charge on any atom is 0.245 e. The standard InChI is InChI=1S/C11H19BrN2O3S2/c1-4-8(7-18-3)14-19(15,16)10-5-9(6-13-2)17-11(10)12/h5,8,13-14H,4,6-7H2,1-3H3. The Labute approximate surface area is 127 Å². The highest BCUT2D eigenvalue weighted by Crippen LogP contribution is 2.26. The number of hydrogen-bond acceptors (Lipinski definition) is 5. The lowest BCUT2D eigenvalue weighted by Crippen LogP contribution is -2.36. The summed E-state index contributed by atoms with van der Waals surface area (Å²) in [6.07, 6.45) is 2.70. The largest absolute Gasteiger partial charge is 0.452 e. The Balaban J connectivity index is 2.93. The van der Waals surface area contributed by atoms with Crippen molar-refractivity contribution in [3.8, 4) is 0 Å². The van der Waals surface area contributed by atoms with Gasteiger partial charge in [0.15, 0.2) is 4.67 Å². The highest BCUT2D eigenvalue weighted by atomic mass is 79.9. The van der Waals surface area contributed by atoms with Crippen LogP contribution >= 0.6 is 27.7 Å². The first-order chi connectivity index (χ1) is 8.94. The predicted octanol–water partition coefficient (Wildman–Crippen LogP) is 2.18. The molecule has 1 rings (SSSR count). The van der Waals surface area contributed by atoms with Gasteiger partial charge in [0.2, 0.25) is 10.0 Å². The van der Waals surface area contributed by atoms with Crippen LogP contribution in [0, 0.1) is 0 Å². The number of nitrogens with one attached hydrogen (secondary N) is 2. The molecule has 0 aliphatic heterocycles. The average Bonchev–Trinajstić information content (AvgIpc) is 2.71. The van der Waals surface area contributed by atoms with Crippen molar-refractivity contribution in [1.29, 1.82) is 0 Å². The van der Waals surface area contributed by atoms with Crippen molar-refractivity contribution in [2.45, 2.75) is 30.8 Å². The molecule has 1 aromatic heterocycles. The molecule has 0 aliphatic rings. The zero-order valence-corrected chi connectivity index (χ0v) is 14.4. The second-order valence-electron chi connectivity index (χ2n) is 4.06. The van der Waals surface area contributed by atoms with Gasteiger partial charge >= 0.3 is 0 Å². The molecule has 0 aromatic carbocycles. The Morgan fingerprint density at radius 1 is 1.53 bits per heavy atom. The summed E-state index contributed by atoms with van der Waals surface area (Å²) in [6, 6.07) is 1.46. The predicted molar refractivity (Wildman–Crippen MR) is 82.0 cm³/mol. The van der Waals surface area contributed by atoms with Crippen molar-refractivity contribution in [2.75, 3.05) is 19.1 Å². The van der Waals surface area contributed by atoms with Crippen LogP contribution in [0.3, 0.4) is 0 Å². The Hall–Kier alpha value is -0.0200. The molecule has 8 heteroatoms. The topological polar surface area (TPSA) is 71.3 Å². The number of furan rings is 1. The Morgan fingerprint density at radius 3 is 2.74 bits per heavy atom. The average molecular weight is 371 g/mol. The fourth-order valence-corrected chi connectivity index (χ4v) is 4.71. The lowest BCUT2D eigenvalue weighted by atomic mass is 10.3. The summed E-state index contributed by atoms with van der Waals surface area (Å²) < 4.78 is 32.9. The first kappa shape index (κ1) is 17.0. The Morgan fingerprint density at radius 2 is 2.21 bits per heavy atom. The van der Waals surface area contributed by atoms with Crippen LogP contribution in [-0.4, -0.2) is 33.5 Å². The van der Waals surface area contributed by atoms with E-state index in [4.69, 9.17) is 4.42 Å². The number of sulfonamides is 1. The molecule has 1 aromatic rings. The molecule has 0 saturated carbocycles. The third-order valence-electron chi connectivity index (χ3n) is 2.53. The molecule has 19 heavy (non-hydrogen) atoms. The van der Waals surface area contributed by atoms with E-state index in [1.165, 1.54) is 6.07 Å². The van der Waals surface area contributed by atoms with Crippen LogP contribution in [0.4, 0.5) is 0 Å². The molecular formula is C11H19BrN2O3S2. The minimum absolute atomic E-state index is 0.0745. The summed E-state index contributed by atoms with van der Waals surface area (Å²) in [4.78, 5) is 0.150. The quantitative estimate of drug-likeness (QED) is 0.733. The number of hydrogen-bond donors (Lipinski definition) is 2. The highest BCUT2D eigenvalue weighted by Gasteiger charge is 2.24. The maximum absolute atomic E-state index is 12.3. The van der Waals surface area contributed by atoms with E-state index in [1.807, 2.05) is 13.2 Å². The summed E-state index contributed by atoms with van der Waals surface area (Å²) in [5.41, 5.74) is 0. The molecule has 1 atom stereocenters. The van der Waals surface area contributed by atoms with Crippen molar-refractivity contribution < 1.29 is 12.8 Å². The first-order valence-corrected chi connectivity index (χ1v) is 9.55. The molecule has 0 fully saturated rings. The summed E-state index contributed by atoms with van der Waals surface area (Å²) in [6.45, 7) is 2.44. The van der Waals surface area contributed by atoms with Gasteiger partial charge in [0.1, 0.15) is 10.7 Å². The molecule has 0 bridgehead atoms. The van der Waals surface area contributed by atoms with E-state index in [-0.39, 0.29) is 15.6 Å². The Bertz CT molecular complexity index is 502. The van der Waals surface area contributed by atoms with E-state index in [2.05, 4.69) is 26.0 Å². The van der Waals surface area contributed by atoms with E-state index in [9.17, 15) is 8.42 Å². The van der Waals surface area contributed by atoms with Gasteiger partial charge in [0, 0.05) is 17.9 Å². The van der Waals surface area contributed by atoms with Gasteiger partial charge < -0.3 is 9.73 Å². The molecule has 110 valence electrons. The monoisotopic (exact) mass is 370 g/mol. The maximum atomic E-state index is 12.3. The van der Waals surface area contributed by atoms with Gasteiger partial charge in [-0.2, -0.15) is 11.8 Å². The summed E-state index contributed by atoms with van der Waals surface area (Å²) in [5.74, 6) is 1.32. The van der Waals surface area contributed by atoms with E-state index < -0.39 is 10.0 Å². The van der Waals surface area contributed by atoms with E-state index in [0.29, 0.717) is 12.3 Å². The van der Waals surface area contributed by atoms with Crippen LogP contribution in [0.1, 0.15) is 19.1 Å². The van der Waals surface area contributed by atoms with Crippen LogP contribution in [0.15, 0.2) is 20.0 Å². The van der Waals surface area contributed by atoms with Crippen molar-refractivity contribution in [3.63, 3.8) is 0 Å². The molecular weight excluding hydrogens is 352 g/mol. The van der Waals surface area contributed by atoms with Crippen molar-refractivity contribution in [1.82, 2.24) is 10.0 Å². The van der Waals surface area contributed by atoms with Gasteiger partial charge in [0.05, 0.1) is 6.54 Å². The van der Waals surface area contributed by atoms with E-state index >= 15 is 0 Å². The van der Waals surface area contributed by atoms with E-state index in [0.717, 1.165) is 12.2 Å². The number of rotatable bonds is 8. The summed E-state index contributed by atoms with van der Waals surface area (Å²) in [5, 5.41) is 2.92. The molecule has 2 N–H and O–H groups in total. The molecule has 0 spiro atoms. The molecule has 0 saturated heterocycles. The SMILES string of the molecule is CCC(CSC)NS(=O)(=O)c1cc(CNC)oc1Br. The van der Waals surface area contributed by atoms with Crippen LogP contribution in [0.2, 0.25) is 0 Å². The van der Waals surface area contributed by atoms with Crippen molar-refractivity contribution in [2.24, 2.45) is 0 Å². The second-order valence-corrected chi connectivity index (χ2v) is 7.38.